The van der Waals surface area contributed by atoms with Crippen LogP contribution in [0, 0.1) is 6.92 Å². The van der Waals surface area contributed by atoms with Gasteiger partial charge in [-0.05, 0) is 18.6 Å². The van der Waals surface area contributed by atoms with Crippen LogP contribution in [0.1, 0.15) is 5.56 Å². The topological polar surface area (TPSA) is 73.2 Å². The summed E-state index contributed by atoms with van der Waals surface area (Å²) in [6.45, 7) is 1.90. The number of anilines is 1. The summed E-state index contributed by atoms with van der Waals surface area (Å²) < 4.78 is 10.6. The van der Waals surface area contributed by atoms with Crippen LogP contribution >= 0.6 is 11.6 Å². The number of aryl methyl sites for hydroxylation is 1. The average Bonchev–Trinajstić information content (AvgIpc) is 2.75. The average molecular weight is 268 g/mol. The van der Waals surface area contributed by atoms with E-state index in [0.29, 0.717) is 33.5 Å². The maximum atomic E-state index is 6.36. The number of aromatic amines is 1. The first-order valence-electron chi connectivity index (χ1n) is 5.30. The molecule has 0 bridgehead atoms. The van der Waals surface area contributed by atoms with Crippen LogP contribution in [0.3, 0.4) is 0 Å². The second-order valence-corrected chi connectivity index (χ2v) is 4.19. The zero-order chi connectivity index (χ0) is 13.3. The highest BCUT2D eigenvalue weighted by Crippen LogP contribution is 2.45. The van der Waals surface area contributed by atoms with Crippen molar-refractivity contribution in [2.45, 2.75) is 6.92 Å². The second kappa shape index (κ2) is 4.78. The van der Waals surface area contributed by atoms with Gasteiger partial charge in [-0.2, -0.15) is 5.10 Å². The molecule has 5 nitrogen and oxygen atoms in total. The standard InChI is InChI=1S/C12H14ClN3O2/c1-6-4-8(17-2)9(10(13)11(6)18-3)7-5-15-16-12(7)14/h4-5H,1-3H3,(H3,14,15,16). The molecule has 1 aromatic carbocycles. The van der Waals surface area contributed by atoms with Crippen molar-refractivity contribution in [1.82, 2.24) is 10.2 Å². The van der Waals surface area contributed by atoms with E-state index in [9.17, 15) is 0 Å². The monoisotopic (exact) mass is 267 g/mol. The summed E-state index contributed by atoms with van der Waals surface area (Å²) in [7, 11) is 3.15. The third-order valence-electron chi connectivity index (χ3n) is 2.73. The number of methoxy groups -OCH3 is 2. The second-order valence-electron chi connectivity index (χ2n) is 3.82. The number of aromatic nitrogens is 2. The number of nitrogens with zero attached hydrogens (tertiary/aromatic N) is 1. The van der Waals surface area contributed by atoms with Crippen molar-refractivity contribution < 1.29 is 9.47 Å². The maximum Gasteiger partial charge on any atom is 0.141 e. The van der Waals surface area contributed by atoms with E-state index < -0.39 is 0 Å². The molecule has 96 valence electrons. The molecule has 0 fully saturated rings. The van der Waals surface area contributed by atoms with E-state index in [1.165, 1.54) is 0 Å². The molecule has 0 atom stereocenters. The zero-order valence-electron chi connectivity index (χ0n) is 10.4. The summed E-state index contributed by atoms with van der Waals surface area (Å²) in [4.78, 5) is 0. The fraction of sp³-hybridized carbons (Fsp3) is 0.250. The summed E-state index contributed by atoms with van der Waals surface area (Å²) in [6, 6.07) is 1.85. The van der Waals surface area contributed by atoms with Gasteiger partial charge in [-0.15, -0.1) is 0 Å². The molecule has 6 heteroatoms. The zero-order valence-corrected chi connectivity index (χ0v) is 11.1. The highest BCUT2D eigenvalue weighted by molar-refractivity contribution is 6.35. The molecule has 0 unspecified atom stereocenters. The molecule has 0 radical (unpaired) electrons. The minimum Gasteiger partial charge on any atom is -0.496 e. The number of hydrogen-bond donors (Lipinski definition) is 2. The maximum absolute atomic E-state index is 6.36. The molecule has 1 heterocycles. The van der Waals surface area contributed by atoms with Gasteiger partial charge in [0.1, 0.15) is 17.3 Å². The van der Waals surface area contributed by atoms with Crippen LogP contribution in [0.2, 0.25) is 5.02 Å². The minimum atomic E-state index is 0.432. The fourth-order valence-corrected chi connectivity index (χ4v) is 2.31. The molecular formula is C12H14ClN3O2. The van der Waals surface area contributed by atoms with Crippen LogP contribution < -0.4 is 15.2 Å². The number of nitrogens with one attached hydrogen (secondary N) is 1. The summed E-state index contributed by atoms with van der Waals surface area (Å²) in [6.07, 6.45) is 1.60. The van der Waals surface area contributed by atoms with Crippen molar-refractivity contribution in [1.29, 1.82) is 0 Å². The highest BCUT2D eigenvalue weighted by Gasteiger charge is 2.20. The Morgan fingerprint density at radius 3 is 2.56 bits per heavy atom. The Bertz CT molecular complexity index is 581. The summed E-state index contributed by atoms with van der Waals surface area (Å²) in [5.74, 6) is 1.67. The molecular weight excluding hydrogens is 254 g/mol. The Labute approximate surface area is 110 Å². The molecule has 0 aliphatic heterocycles. The molecule has 0 saturated carbocycles. The number of nitrogens with two attached hydrogens (primary N) is 1. The molecule has 2 rings (SSSR count). The lowest BCUT2D eigenvalue weighted by Crippen LogP contribution is -1.96. The lowest BCUT2D eigenvalue weighted by Gasteiger charge is -2.15. The molecule has 0 aliphatic carbocycles. The SMILES string of the molecule is COc1cc(C)c(OC)c(Cl)c1-c1cn[nH]c1N. The normalized spacial score (nSPS) is 10.4. The Balaban J connectivity index is 2.76. The van der Waals surface area contributed by atoms with E-state index in [1.54, 1.807) is 20.4 Å². The number of halogens is 1. The van der Waals surface area contributed by atoms with Crippen molar-refractivity contribution in [2.75, 3.05) is 20.0 Å². The van der Waals surface area contributed by atoms with Crippen LogP contribution in [0.4, 0.5) is 5.82 Å². The van der Waals surface area contributed by atoms with Gasteiger partial charge in [0.25, 0.3) is 0 Å². The third-order valence-corrected chi connectivity index (χ3v) is 3.09. The summed E-state index contributed by atoms with van der Waals surface area (Å²) in [5.41, 5.74) is 8.08. The van der Waals surface area contributed by atoms with Gasteiger partial charge in [0, 0.05) is 5.56 Å². The first kappa shape index (κ1) is 12.6. The molecule has 0 spiro atoms. The summed E-state index contributed by atoms with van der Waals surface area (Å²) >= 11 is 6.36. The van der Waals surface area contributed by atoms with Crippen molar-refractivity contribution in [3.63, 3.8) is 0 Å². The molecule has 0 amide bonds. The van der Waals surface area contributed by atoms with Crippen LogP contribution in [-0.4, -0.2) is 24.4 Å². The Morgan fingerprint density at radius 1 is 1.33 bits per heavy atom. The van der Waals surface area contributed by atoms with Crippen molar-refractivity contribution in [2.24, 2.45) is 0 Å². The number of benzene rings is 1. The van der Waals surface area contributed by atoms with E-state index in [-0.39, 0.29) is 0 Å². The fourth-order valence-electron chi connectivity index (χ4n) is 1.89. The summed E-state index contributed by atoms with van der Waals surface area (Å²) in [5, 5.41) is 7.02. The molecule has 18 heavy (non-hydrogen) atoms. The number of nitrogen functional groups attached to an aromatic ring is 1. The molecule has 0 saturated heterocycles. The predicted molar refractivity (Wildman–Crippen MR) is 71.3 cm³/mol. The first-order valence-corrected chi connectivity index (χ1v) is 5.68. The lowest BCUT2D eigenvalue weighted by molar-refractivity contribution is 0.402. The van der Waals surface area contributed by atoms with Gasteiger partial charge in [-0.3, -0.25) is 5.10 Å². The van der Waals surface area contributed by atoms with Crippen LogP contribution in [-0.2, 0) is 0 Å². The van der Waals surface area contributed by atoms with Crippen molar-refractivity contribution >= 4 is 17.4 Å². The van der Waals surface area contributed by atoms with Gasteiger partial charge in [0.05, 0.1) is 31.0 Å². The van der Waals surface area contributed by atoms with Gasteiger partial charge in [-0.25, -0.2) is 0 Å². The van der Waals surface area contributed by atoms with E-state index in [4.69, 9.17) is 26.8 Å². The Kier molecular flexibility index (Phi) is 3.34. The molecule has 0 aliphatic rings. The smallest absolute Gasteiger partial charge is 0.141 e. The van der Waals surface area contributed by atoms with Gasteiger partial charge in [0.15, 0.2) is 0 Å². The number of rotatable bonds is 3. The van der Waals surface area contributed by atoms with E-state index in [0.717, 1.165) is 5.56 Å². The van der Waals surface area contributed by atoms with Crippen LogP contribution in [0.25, 0.3) is 11.1 Å². The molecule has 3 N–H and O–H groups in total. The van der Waals surface area contributed by atoms with Crippen molar-refractivity contribution in [3.8, 4) is 22.6 Å². The van der Waals surface area contributed by atoms with Crippen molar-refractivity contribution in [3.05, 3.63) is 22.8 Å². The van der Waals surface area contributed by atoms with E-state index in [2.05, 4.69) is 10.2 Å². The number of H-pyrrole nitrogens is 1. The molecule has 1 aromatic heterocycles. The third kappa shape index (κ3) is 1.86. The highest BCUT2D eigenvalue weighted by atomic mass is 35.5. The molecule has 2 aromatic rings. The minimum absolute atomic E-state index is 0.432. The van der Waals surface area contributed by atoms with E-state index >= 15 is 0 Å². The van der Waals surface area contributed by atoms with Gasteiger partial charge in [-0.1, -0.05) is 11.6 Å². The van der Waals surface area contributed by atoms with E-state index in [1.807, 2.05) is 13.0 Å². The Morgan fingerprint density at radius 2 is 2.06 bits per heavy atom. The largest absolute Gasteiger partial charge is 0.496 e. The number of ether oxygens (including phenoxy) is 2. The van der Waals surface area contributed by atoms with Gasteiger partial charge >= 0.3 is 0 Å². The first-order chi connectivity index (χ1) is 8.60. The van der Waals surface area contributed by atoms with Gasteiger partial charge < -0.3 is 15.2 Å². The van der Waals surface area contributed by atoms with Crippen LogP contribution in [0.15, 0.2) is 12.3 Å². The quantitative estimate of drug-likeness (QED) is 0.897. The number of hydrogen-bond acceptors (Lipinski definition) is 4. The van der Waals surface area contributed by atoms with Crippen LogP contribution in [0.5, 0.6) is 11.5 Å². The predicted octanol–water partition coefficient (Wildman–Crippen LogP) is 2.64. The Hall–Kier alpha value is -1.88. The van der Waals surface area contributed by atoms with Gasteiger partial charge in [0.2, 0.25) is 0 Å². The lowest BCUT2D eigenvalue weighted by atomic mass is 10.0.